The zero-order valence-corrected chi connectivity index (χ0v) is 22.8. The van der Waals surface area contributed by atoms with Gasteiger partial charge in [-0.1, -0.05) is 48.6 Å². The van der Waals surface area contributed by atoms with Crippen molar-refractivity contribution in [3.8, 4) is 0 Å². The van der Waals surface area contributed by atoms with Crippen LogP contribution in [-0.4, -0.2) is 33.2 Å². The predicted molar refractivity (Wildman–Crippen MR) is 159 cm³/mol. The average molecular weight is 480 g/mol. The normalized spacial score (nSPS) is 15.4. The van der Waals surface area contributed by atoms with E-state index in [1.807, 2.05) is 7.05 Å². The predicted octanol–water partition coefficient (Wildman–Crippen LogP) is 8.07. The fourth-order valence-corrected chi connectivity index (χ4v) is 5.16. The molecule has 1 atom stereocenters. The van der Waals surface area contributed by atoms with Gasteiger partial charge in [0.1, 0.15) is 0 Å². The Morgan fingerprint density at radius 1 is 0.861 bits per heavy atom. The number of nitrogens with zero attached hydrogens (tertiary/aromatic N) is 2. The molecule has 0 radical (unpaired) electrons. The Hall–Kier alpha value is -3.46. The molecule has 3 nitrogen and oxygen atoms in total. The summed E-state index contributed by atoms with van der Waals surface area (Å²) in [6.45, 7) is 10.9. The van der Waals surface area contributed by atoms with Crippen LogP contribution in [0.3, 0.4) is 0 Å². The van der Waals surface area contributed by atoms with Gasteiger partial charge in [0, 0.05) is 56.2 Å². The lowest BCUT2D eigenvalue weighted by atomic mass is 9.81. The molecule has 1 N–H and O–H groups in total. The van der Waals surface area contributed by atoms with E-state index in [9.17, 15) is 0 Å². The molecule has 3 aromatic rings. The second kappa shape index (κ2) is 11.5. The molecule has 0 fully saturated rings. The number of anilines is 3. The molecule has 0 saturated carbocycles. The first-order chi connectivity index (χ1) is 17.4. The molecule has 36 heavy (non-hydrogen) atoms. The molecule has 0 saturated heterocycles. The van der Waals surface area contributed by atoms with Gasteiger partial charge in [0.25, 0.3) is 0 Å². The van der Waals surface area contributed by atoms with Crippen LogP contribution < -0.4 is 15.1 Å². The van der Waals surface area contributed by atoms with Crippen LogP contribution in [0.4, 0.5) is 17.1 Å². The Kier molecular flexibility index (Phi) is 8.20. The maximum atomic E-state index is 3.30. The number of nitrogens with one attached hydrogen (secondary N) is 1. The number of hydrogen-bond acceptors (Lipinski definition) is 3. The summed E-state index contributed by atoms with van der Waals surface area (Å²) in [6.07, 6.45) is 5.86. The smallest absolute Gasteiger partial charge is 0.0374 e. The molecule has 0 aliphatic heterocycles. The summed E-state index contributed by atoms with van der Waals surface area (Å²) in [7, 11) is 4.15. The zero-order chi connectivity index (χ0) is 25.7. The van der Waals surface area contributed by atoms with Gasteiger partial charge in [-0.25, -0.2) is 0 Å². The minimum Gasteiger partial charge on any atom is -0.388 e. The second-order valence-corrected chi connectivity index (χ2v) is 9.97. The molecule has 0 amide bonds. The molecule has 1 unspecified atom stereocenters. The number of rotatable bonds is 9. The molecule has 0 bridgehead atoms. The summed E-state index contributed by atoms with van der Waals surface area (Å²) >= 11 is 0. The molecule has 188 valence electrons. The third kappa shape index (κ3) is 5.67. The highest BCUT2D eigenvalue weighted by Crippen LogP contribution is 2.40. The van der Waals surface area contributed by atoms with Crippen molar-refractivity contribution in [2.75, 3.05) is 42.3 Å². The molecule has 3 aromatic carbocycles. The largest absolute Gasteiger partial charge is 0.388 e. The van der Waals surface area contributed by atoms with Crippen LogP contribution >= 0.6 is 0 Å². The minimum atomic E-state index is 0.319. The minimum absolute atomic E-state index is 0.319. The van der Waals surface area contributed by atoms with Crippen molar-refractivity contribution >= 4 is 28.2 Å². The van der Waals surface area contributed by atoms with E-state index < -0.39 is 0 Å². The van der Waals surface area contributed by atoms with Gasteiger partial charge in [0.2, 0.25) is 0 Å². The molecule has 1 aliphatic carbocycles. The lowest BCUT2D eigenvalue weighted by Crippen LogP contribution is -2.30. The zero-order valence-electron chi connectivity index (χ0n) is 22.8. The number of hydrogen-bond donors (Lipinski definition) is 1. The van der Waals surface area contributed by atoms with Crippen molar-refractivity contribution in [3.63, 3.8) is 0 Å². The van der Waals surface area contributed by atoms with Crippen LogP contribution in [0, 0.1) is 0 Å². The van der Waals surface area contributed by atoms with E-state index in [-0.39, 0.29) is 0 Å². The first kappa shape index (κ1) is 25.6. The van der Waals surface area contributed by atoms with Crippen LogP contribution in [0.2, 0.25) is 0 Å². The van der Waals surface area contributed by atoms with E-state index in [0.29, 0.717) is 12.0 Å². The summed E-state index contributed by atoms with van der Waals surface area (Å²) < 4.78 is 0. The molecule has 3 heteroatoms. The van der Waals surface area contributed by atoms with Crippen LogP contribution in [0.25, 0.3) is 11.1 Å². The van der Waals surface area contributed by atoms with E-state index in [1.165, 1.54) is 39.2 Å². The Bertz CT molecular complexity index is 1240. The molecule has 0 spiro atoms. The monoisotopic (exact) mass is 479 g/mol. The summed E-state index contributed by atoms with van der Waals surface area (Å²) in [5, 5.41) is 3.30. The van der Waals surface area contributed by atoms with E-state index in [2.05, 4.69) is 135 Å². The van der Waals surface area contributed by atoms with Crippen LogP contribution in [-0.2, 0) is 0 Å². The van der Waals surface area contributed by atoms with Crippen molar-refractivity contribution < 1.29 is 0 Å². The van der Waals surface area contributed by atoms with E-state index in [4.69, 9.17) is 0 Å². The molecular weight excluding hydrogens is 438 g/mol. The van der Waals surface area contributed by atoms with E-state index >= 15 is 0 Å². The number of benzene rings is 3. The van der Waals surface area contributed by atoms with Crippen LogP contribution in [0.1, 0.15) is 56.7 Å². The lowest BCUT2D eigenvalue weighted by Gasteiger charge is -2.29. The first-order valence-corrected chi connectivity index (χ1v) is 13.3. The Morgan fingerprint density at radius 2 is 1.58 bits per heavy atom. The fraction of sp³-hybridized carbons (Fsp3) is 0.333. The second-order valence-electron chi connectivity index (χ2n) is 9.97. The summed E-state index contributed by atoms with van der Waals surface area (Å²) in [6, 6.07) is 27.3. The molecular formula is C33H41N3. The summed E-state index contributed by atoms with van der Waals surface area (Å²) in [5.74, 6) is 0.319. The fourth-order valence-electron chi connectivity index (χ4n) is 5.16. The highest BCUT2D eigenvalue weighted by Gasteiger charge is 2.21. The number of allylic oxidation sites excluding steroid dienone is 4. The van der Waals surface area contributed by atoms with Crippen LogP contribution in [0.5, 0.6) is 0 Å². The average Bonchev–Trinajstić information content (AvgIpc) is 2.92. The van der Waals surface area contributed by atoms with E-state index in [1.54, 1.807) is 0 Å². The van der Waals surface area contributed by atoms with Gasteiger partial charge in [0.05, 0.1) is 0 Å². The Labute approximate surface area is 218 Å². The Morgan fingerprint density at radius 3 is 2.31 bits per heavy atom. The Balaban J connectivity index is 1.80. The maximum absolute atomic E-state index is 3.30. The molecule has 0 heterocycles. The highest BCUT2D eigenvalue weighted by molar-refractivity contribution is 5.88. The molecule has 4 rings (SSSR count). The van der Waals surface area contributed by atoms with Gasteiger partial charge in [-0.2, -0.15) is 0 Å². The van der Waals surface area contributed by atoms with Gasteiger partial charge in [-0.05, 0) is 98.4 Å². The standard InChI is InChI=1S/C33H41N3/c1-7-35(6)32-16-10-13-26(22-32)29-18-28(25-12-9-15-31(21-25)34-5)19-30(20-29)27-14-11-17-33(23-27)36(8-2)24(3)4/h9-17,19-24,29,34H,7-8,18H2,1-6H3. The topological polar surface area (TPSA) is 18.5 Å². The van der Waals surface area contributed by atoms with Crippen molar-refractivity contribution in [1.29, 1.82) is 0 Å². The van der Waals surface area contributed by atoms with Crippen molar-refractivity contribution in [3.05, 3.63) is 102 Å². The third-order valence-corrected chi connectivity index (χ3v) is 7.36. The van der Waals surface area contributed by atoms with Crippen molar-refractivity contribution in [2.24, 2.45) is 0 Å². The highest BCUT2D eigenvalue weighted by atomic mass is 15.1. The molecule has 0 aromatic heterocycles. The molecule has 1 aliphatic rings. The van der Waals surface area contributed by atoms with Gasteiger partial charge in [0.15, 0.2) is 0 Å². The van der Waals surface area contributed by atoms with Crippen molar-refractivity contribution in [1.82, 2.24) is 0 Å². The van der Waals surface area contributed by atoms with Gasteiger partial charge >= 0.3 is 0 Å². The van der Waals surface area contributed by atoms with Gasteiger partial charge in [-0.15, -0.1) is 0 Å². The SMILES string of the molecule is CCN(C)c1cccc(C2C=C(c3cccc(N(CC)C(C)C)c3)C=C(c3cccc(NC)c3)C2)c1. The summed E-state index contributed by atoms with van der Waals surface area (Å²) in [4.78, 5) is 4.76. The third-order valence-electron chi connectivity index (χ3n) is 7.36. The summed E-state index contributed by atoms with van der Waals surface area (Å²) in [5.41, 5.74) is 10.3. The van der Waals surface area contributed by atoms with Crippen LogP contribution in [0.15, 0.2) is 84.9 Å². The quantitative estimate of drug-likeness (QED) is 0.335. The van der Waals surface area contributed by atoms with E-state index in [0.717, 1.165) is 25.2 Å². The lowest BCUT2D eigenvalue weighted by molar-refractivity contribution is 0.704. The first-order valence-electron chi connectivity index (χ1n) is 13.3. The maximum Gasteiger partial charge on any atom is 0.0374 e. The van der Waals surface area contributed by atoms with Gasteiger partial charge in [-0.3, -0.25) is 0 Å². The van der Waals surface area contributed by atoms with Crippen molar-refractivity contribution in [2.45, 2.75) is 46.1 Å². The van der Waals surface area contributed by atoms with Gasteiger partial charge < -0.3 is 15.1 Å².